The lowest BCUT2D eigenvalue weighted by Gasteiger charge is -2.09. The van der Waals surface area contributed by atoms with Gasteiger partial charge in [-0.2, -0.15) is 0 Å². The van der Waals surface area contributed by atoms with Crippen LogP contribution in [0, 0.1) is 0 Å². The van der Waals surface area contributed by atoms with Crippen LogP contribution in [-0.2, 0) is 0 Å². The van der Waals surface area contributed by atoms with Crippen molar-refractivity contribution in [2.75, 3.05) is 25.5 Å². The van der Waals surface area contributed by atoms with Gasteiger partial charge in [0.1, 0.15) is 5.76 Å². The fourth-order valence-electron chi connectivity index (χ4n) is 1.70. The van der Waals surface area contributed by atoms with Crippen LogP contribution in [0.1, 0.15) is 24.6 Å². The zero-order valence-corrected chi connectivity index (χ0v) is 8.21. The van der Waals surface area contributed by atoms with Crippen molar-refractivity contribution in [1.29, 1.82) is 0 Å². The zero-order chi connectivity index (χ0) is 9.26. The molecule has 0 saturated carbocycles. The van der Waals surface area contributed by atoms with Gasteiger partial charge >= 0.3 is 0 Å². The molecule has 0 aliphatic carbocycles. The van der Waals surface area contributed by atoms with Crippen LogP contribution in [0.15, 0.2) is 16.5 Å². The van der Waals surface area contributed by atoms with Crippen molar-refractivity contribution < 1.29 is 4.42 Å². The number of furan rings is 1. The van der Waals surface area contributed by atoms with E-state index in [1.165, 1.54) is 12.8 Å². The summed E-state index contributed by atoms with van der Waals surface area (Å²) in [5.74, 6) is 2.00. The van der Waals surface area contributed by atoms with Gasteiger partial charge in [-0.3, -0.25) is 0 Å². The molecule has 0 radical (unpaired) electrons. The van der Waals surface area contributed by atoms with Gasteiger partial charge in [0.15, 0.2) is 5.88 Å². The minimum atomic E-state index is 0.439. The van der Waals surface area contributed by atoms with Gasteiger partial charge < -0.3 is 14.6 Å². The monoisotopic (exact) mass is 180 g/mol. The Bertz CT molecular complexity index is 274. The molecule has 3 heteroatoms. The third-order valence-corrected chi connectivity index (χ3v) is 2.46. The van der Waals surface area contributed by atoms with E-state index in [1.807, 2.05) is 25.1 Å². The van der Waals surface area contributed by atoms with Crippen LogP contribution in [0.4, 0.5) is 5.88 Å². The fourth-order valence-corrected chi connectivity index (χ4v) is 1.70. The largest absolute Gasteiger partial charge is 0.444 e. The molecule has 0 amide bonds. The Morgan fingerprint density at radius 2 is 2.31 bits per heavy atom. The molecule has 2 heterocycles. The molecule has 0 spiro atoms. The molecule has 1 atom stereocenters. The predicted octanol–water partition coefficient (Wildman–Crippen LogP) is 1.77. The number of hydrogen-bond acceptors (Lipinski definition) is 3. The molecule has 13 heavy (non-hydrogen) atoms. The second kappa shape index (κ2) is 3.42. The van der Waals surface area contributed by atoms with Crippen LogP contribution in [0.5, 0.6) is 0 Å². The topological polar surface area (TPSA) is 28.4 Å². The van der Waals surface area contributed by atoms with Gasteiger partial charge in [-0.1, -0.05) is 0 Å². The molecular formula is C10H16N2O. The number of hydrogen-bond donors (Lipinski definition) is 1. The lowest BCUT2D eigenvalue weighted by atomic mass is 10.2. The lowest BCUT2D eigenvalue weighted by molar-refractivity contribution is 0.448. The summed E-state index contributed by atoms with van der Waals surface area (Å²) in [7, 11) is 3.98. The third-order valence-electron chi connectivity index (χ3n) is 2.46. The molecule has 1 aliphatic rings. The molecule has 1 aromatic heterocycles. The summed E-state index contributed by atoms with van der Waals surface area (Å²) in [6, 6.07) is 4.53. The first-order chi connectivity index (χ1) is 6.27. The van der Waals surface area contributed by atoms with Crippen LogP contribution < -0.4 is 10.2 Å². The molecule has 1 fully saturated rings. The first-order valence-corrected chi connectivity index (χ1v) is 4.78. The van der Waals surface area contributed by atoms with E-state index in [0.29, 0.717) is 6.04 Å². The molecule has 1 aromatic rings. The van der Waals surface area contributed by atoms with E-state index in [4.69, 9.17) is 4.42 Å². The van der Waals surface area contributed by atoms with Gasteiger partial charge in [-0.15, -0.1) is 0 Å². The highest BCUT2D eigenvalue weighted by atomic mass is 16.4. The second-order valence-corrected chi connectivity index (χ2v) is 3.72. The van der Waals surface area contributed by atoms with E-state index in [2.05, 4.69) is 11.4 Å². The van der Waals surface area contributed by atoms with E-state index in [9.17, 15) is 0 Å². The van der Waals surface area contributed by atoms with Crippen LogP contribution in [-0.4, -0.2) is 20.6 Å². The van der Waals surface area contributed by atoms with Gasteiger partial charge in [0.05, 0.1) is 6.04 Å². The van der Waals surface area contributed by atoms with E-state index in [0.717, 1.165) is 18.2 Å². The van der Waals surface area contributed by atoms with Crippen molar-refractivity contribution in [1.82, 2.24) is 5.32 Å². The Hall–Kier alpha value is -0.960. The normalized spacial score (nSPS) is 22.2. The van der Waals surface area contributed by atoms with E-state index >= 15 is 0 Å². The average Bonchev–Trinajstić information content (AvgIpc) is 2.75. The lowest BCUT2D eigenvalue weighted by Crippen LogP contribution is -2.12. The summed E-state index contributed by atoms with van der Waals surface area (Å²) < 4.78 is 5.69. The SMILES string of the molecule is CN(C)c1ccc([C@@H]2CCCN2)o1. The quantitative estimate of drug-likeness (QED) is 0.752. The number of nitrogens with zero attached hydrogens (tertiary/aromatic N) is 1. The van der Waals surface area contributed by atoms with Crippen molar-refractivity contribution >= 4 is 5.88 Å². The van der Waals surface area contributed by atoms with Crippen LogP contribution in [0.3, 0.4) is 0 Å². The van der Waals surface area contributed by atoms with Crippen molar-refractivity contribution in [3.63, 3.8) is 0 Å². The Balaban J connectivity index is 2.12. The maximum Gasteiger partial charge on any atom is 0.195 e. The van der Waals surface area contributed by atoms with Gasteiger partial charge in [0.25, 0.3) is 0 Å². The predicted molar refractivity (Wildman–Crippen MR) is 53.0 cm³/mol. The van der Waals surface area contributed by atoms with Crippen molar-refractivity contribution in [3.8, 4) is 0 Å². The molecule has 2 rings (SSSR count). The summed E-state index contributed by atoms with van der Waals surface area (Å²) in [6.07, 6.45) is 2.45. The summed E-state index contributed by atoms with van der Waals surface area (Å²) in [4.78, 5) is 1.98. The number of nitrogens with one attached hydrogen (secondary N) is 1. The number of rotatable bonds is 2. The van der Waals surface area contributed by atoms with Crippen LogP contribution in [0.25, 0.3) is 0 Å². The smallest absolute Gasteiger partial charge is 0.195 e. The molecule has 3 nitrogen and oxygen atoms in total. The van der Waals surface area contributed by atoms with Gasteiger partial charge in [-0.25, -0.2) is 0 Å². The first kappa shape index (κ1) is 8.63. The van der Waals surface area contributed by atoms with Gasteiger partial charge in [-0.05, 0) is 25.5 Å². The van der Waals surface area contributed by atoms with Gasteiger partial charge in [0.2, 0.25) is 0 Å². The van der Waals surface area contributed by atoms with Crippen molar-refractivity contribution in [2.24, 2.45) is 0 Å². The second-order valence-electron chi connectivity index (χ2n) is 3.72. The summed E-state index contributed by atoms with van der Waals surface area (Å²) >= 11 is 0. The highest BCUT2D eigenvalue weighted by Gasteiger charge is 2.19. The molecular weight excluding hydrogens is 164 g/mol. The van der Waals surface area contributed by atoms with E-state index in [-0.39, 0.29) is 0 Å². The van der Waals surface area contributed by atoms with E-state index in [1.54, 1.807) is 0 Å². The number of anilines is 1. The molecule has 1 aliphatic heterocycles. The first-order valence-electron chi connectivity index (χ1n) is 4.78. The summed E-state index contributed by atoms with van der Waals surface area (Å²) in [6.45, 7) is 1.11. The van der Waals surface area contributed by atoms with E-state index < -0.39 is 0 Å². The molecule has 72 valence electrons. The minimum absolute atomic E-state index is 0.439. The molecule has 1 N–H and O–H groups in total. The van der Waals surface area contributed by atoms with Crippen LogP contribution >= 0.6 is 0 Å². The zero-order valence-electron chi connectivity index (χ0n) is 8.21. The molecule has 0 aromatic carbocycles. The third kappa shape index (κ3) is 1.70. The minimum Gasteiger partial charge on any atom is -0.444 e. The molecule has 0 unspecified atom stereocenters. The Labute approximate surface area is 78.7 Å². The Kier molecular flexibility index (Phi) is 2.27. The Morgan fingerprint density at radius 3 is 2.85 bits per heavy atom. The maximum atomic E-state index is 5.69. The molecule has 0 bridgehead atoms. The average molecular weight is 180 g/mol. The Morgan fingerprint density at radius 1 is 1.46 bits per heavy atom. The summed E-state index contributed by atoms with van der Waals surface area (Å²) in [5.41, 5.74) is 0. The van der Waals surface area contributed by atoms with Crippen LogP contribution in [0.2, 0.25) is 0 Å². The fraction of sp³-hybridized carbons (Fsp3) is 0.600. The maximum absolute atomic E-state index is 5.69. The van der Waals surface area contributed by atoms with Gasteiger partial charge in [0, 0.05) is 20.2 Å². The highest BCUT2D eigenvalue weighted by Crippen LogP contribution is 2.27. The molecule has 1 saturated heterocycles. The van der Waals surface area contributed by atoms with Crippen molar-refractivity contribution in [3.05, 3.63) is 17.9 Å². The highest BCUT2D eigenvalue weighted by molar-refractivity contribution is 5.34. The standard InChI is InChI=1S/C10H16N2O/c1-12(2)10-6-5-9(13-10)8-4-3-7-11-8/h5-6,8,11H,3-4,7H2,1-2H3/t8-/m0/s1. The van der Waals surface area contributed by atoms with Crippen molar-refractivity contribution in [2.45, 2.75) is 18.9 Å². The summed E-state index contributed by atoms with van der Waals surface area (Å²) in [5, 5.41) is 3.41.